The first-order valence-electron chi connectivity index (χ1n) is 10.1. The van der Waals surface area contributed by atoms with E-state index in [1.807, 2.05) is 70.2 Å². The summed E-state index contributed by atoms with van der Waals surface area (Å²) in [6, 6.07) is 13.2. The second kappa shape index (κ2) is 10.6. The number of nitrogens with zero attached hydrogens (tertiary/aromatic N) is 1. The lowest BCUT2D eigenvalue weighted by Gasteiger charge is -2.29. The molecule has 2 aromatic rings. The van der Waals surface area contributed by atoms with Crippen LogP contribution in [0.3, 0.4) is 0 Å². The van der Waals surface area contributed by atoms with Gasteiger partial charge in [-0.1, -0.05) is 54.4 Å². The molecule has 1 atom stereocenters. The van der Waals surface area contributed by atoms with Crippen molar-refractivity contribution in [2.24, 2.45) is 0 Å². The minimum absolute atomic E-state index is 0.110. The van der Waals surface area contributed by atoms with Crippen molar-refractivity contribution in [3.63, 3.8) is 0 Å². The van der Waals surface area contributed by atoms with Crippen molar-refractivity contribution in [2.45, 2.75) is 53.6 Å². The van der Waals surface area contributed by atoms with Gasteiger partial charge < -0.3 is 15.0 Å². The van der Waals surface area contributed by atoms with Gasteiger partial charge in [-0.15, -0.1) is 0 Å². The van der Waals surface area contributed by atoms with E-state index in [1.54, 1.807) is 11.8 Å². The highest BCUT2D eigenvalue weighted by atomic mass is 16.5. The molecule has 2 rings (SSSR count). The molecule has 0 aliphatic rings. The van der Waals surface area contributed by atoms with Crippen LogP contribution in [0.4, 0.5) is 0 Å². The molecule has 0 saturated heterocycles. The number of rotatable bonds is 9. The molecule has 0 heterocycles. The molecule has 0 spiro atoms. The molecule has 0 radical (unpaired) electrons. The Labute approximate surface area is 174 Å². The maximum atomic E-state index is 13.0. The highest BCUT2D eigenvalue weighted by molar-refractivity contribution is 5.87. The average molecular weight is 397 g/mol. The first-order valence-corrected chi connectivity index (χ1v) is 10.1. The monoisotopic (exact) mass is 396 g/mol. The average Bonchev–Trinajstić information content (AvgIpc) is 2.69. The van der Waals surface area contributed by atoms with Gasteiger partial charge in [-0.2, -0.15) is 0 Å². The van der Waals surface area contributed by atoms with Gasteiger partial charge in [-0.3, -0.25) is 9.59 Å². The zero-order valence-electron chi connectivity index (χ0n) is 18.1. The van der Waals surface area contributed by atoms with Crippen molar-refractivity contribution in [3.8, 4) is 5.75 Å². The molecular weight excluding hydrogens is 364 g/mol. The fraction of sp³-hybridized carbons (Fsp3) is 0.417. The number of aryl methyl sites for hydroxylation is 3. The Morgan fingerprint density at radius 1 is 1.07 bits per heavy atom. The van der Waals surface area contributed by atoms with E-state index in [1.165, 1.54) is 0 Å². The number of ether oxygens (including phenoxy) is 1. The first-order chi connectivity index (χ1) is 13.8. The Morgan fingerprint density at radius 3 is 2.45 bits per heavy atom. The smallest absolute Gasteiger partial charge is 0.261 e. The largest absolute Gasteiger partial charge is 0.483 e. The summed E-state index contributed by atoms with van der Waals surface area (Å²) in [5.41, 5.74) is 4.23. The molecule has 2 amide bonds. The van der Waals surface area contributed by atoms with Crippen molar-refractivity contribution in [2.75, 3.05) is 13.2 Å². The Kier molecular flexibility index (Phi) is 8.25. The summed E-state index contributed by atoms with van der Waals surface area (Å²) in [6.45, 7) is 10.6. The third-order valence-electron chi connectivity index (χ3n) is 4.83. The molecule has 0 bridgehead atoms. The number of amides is 2. The van der Waals surface area contributed by atoms with Gasteiger partial charge in [-0.25, -0.2) is 0 Å². The summed E-state index contributed by atoms with van der Waals surface area (Å²) in [5, 5.41) is 2.88. The standard InChI is InChI=1S/C24H32N2O3/c1-6-12-25-24(28)20(5)26(15-21-9-7-8-17(2)14-21)23(27)16-29-22-11-10-18(3)13-19(22)4/h7-11,13-14,20H,6,12,15-16H2,1-5H3,(H,25,28)/t20-/m0/s1. The van der Waals surface area contributed by atoms with E-state index in [4.69, 9.17) is 4.74 Å². The molecule has 5 nitrogen and oxygen atoms in total. The number of carbonyl (C=O) groups excluding carboxylic acids is 2. The van der Waals surface area contributed by atoms with Crippen molar-refractivity contribution >= 4 is 11.8 Å². The zero-order valence-corrected chi connectivity index (χ0v) is 18.1. The Hall–Kier alpha value is -2.82. The summed E-state index contributed by atoms with van der Waals surface area (Å²) in [6.07, 6.45) is 0.847. The van der Waals surface area contributed by atoms with Crippen LogP contribution >= 0.6 is 0 Å². The summed E-state index contributed by atoms with van der Waals surface area (Å²) >= 11 is 0. The summed E-state index contributed by atoms with van der Waals surface area (Å²) in [4.78, 5) is 27.1. The predicted octanol–water partition coefficient (Wildman–Crippen LogP) is 3.93. The minimum Gasteiger partial charge on any atom is -0.483 e. The van der Waals surface area contributed by atoms with Gasteiger partial charge in [0, 0.05) is 13.1 Å². The molecule has 0 fully saturated rings. The van der Waals surface area contributed by atoms with E-state index >= 15 is 0 Å². The van der Waals surface area contributed by atoms with E-state index in [-0.39, 0.29) is 18.4 Å². The number of benzene rings is 2. The van der Waals surface area contributed by atoms with Crippen molar-refractivity contribution < 1.29 is 14.3 Å². The number of nitrogens with one attached hydrogen (secondary N) is 1. The van der Waals surface area contributed by atoms with Crippen molar-refractivity contribution in [1.29, 1.82) is 0 Å². The van der Waals surface area contributed by atoms with Crippen LogP contribution in [0.2, 0.25) is 0 Å². The van der Waals surface area contributed by atoms with E-state index in [9.17, 15) is 9.59 Å². The second-order valence-corrected chi connectivity index (χ2v) is 7.54. The molecule has 0 unspecified atom stereocenters. The molecule has 0 saturated carbocycles. The highest BCUT2D eigenvalue weighted by Crippen LogP contribution is 2.19. The van der Waals surface area contributed by atoms with Crippen molar-refractivity contribution in [1.82, 2.24) is 10.2 Å². The van der Waals surface area contributed by atoms with Crippen molar-refractivity contribution in [3.05, 3.63) is 64.7 Å². The van der Waals surface area contributed by atoms with Gasteiger partial charge in [0.05, 0.1) is 0 Å². The normalized spacial score (nSPS) is 11.6. The van der Waals surface area contributed by atoms with Crippen LogP contribution in [-0.2, 0) is 16.1 Å². The lowest BCUT2D eigenvalue weighted by atomic mass is 10.1. The maximum Gasteiger partial charge on any atom is 0.261 e. The quantitative estimate of drug-likeness (QED) is 0.699. The molecule has 1 N–H and O–H groups in total. The van der Waals surface area contributed by atoms with Gasteiger partial charge >= 0.3 is 0 Å². The molecule has 0 aliphatic heterocycles. The second-order valence-electron chi connectivity index (χ2n) is 7.54. The number of carbonyl (C=O) groups is 2. The highest BCUT2D eigenvalue weighted by Gasteiger charge is 2.26. The third-order valence-corrected chi connectivity index (χ3v) is 4.83. The molecular formula is C24H32N2O3. The van der Waals surface area contributed by atoms with Gasteiger partial charge in [0.25, 0.3) is 5.91 Å². The van der Waals surface area contributed by atoms with E-state index in [0.717, 1.165) is 28.7 Å². The fourth-order valence-electron chi connectivity index (χ4n) is 3.17. The van der Waals surface area contributed by atoms with Crippen LogP contribution in [-0.4, -0.2) is 35.9 Å². The van der Waals surface area contributed by atoms with Crippen LogP contribution in [0, 0.1) is 20.8 Å². The number of hydrogen-bond acceptors (Lipinski definition) is 3. The van der Waals surface area contributed by atoms with Crippen LogP contribution < -0.4 is 10.1 Å². The van der Waals surface area contributed by atoms with Crippen LogP contribution in [0.1, 0.15) is 42.5 Å². The lowest BCUT2D eigenvalue weighted by Crippen LogP contribution is -2.49. The molecule has 5 heteroatoms. The Balaban J connectivity index is 2.15. The molecule has 0 aromatic heterocycles. The van der Waals surface area contributed by atoms with Gasteiger partial charge in [0.1, 0.15) is 11.8 Å². The SMILES string of the molecule is CCCNC(=O)[C@H](C)N(Cc1cccc(C)c1)C(=O)COc1ccc(C)cc1C. The Bertz CT molecular complexity index is 848. The summed E-state index contributed by atoms with van der Waals surface area (Å²) in [5.74, 6) is 0.313. The predicted molar refractivity (Wildman–Crippen MR) is 116 cm³/mol. The summed E-state index contributed by atoms with van der Waals surface area (Å²) in [7, 11) is 0. The first kappa shape index (κ1) is 22.5. The van der Waals surface area contributed by atoms with Gasteiger partial charge in [0.2, 0.25) is 5.91 Å². The van der Waals surface area contributed by atoms with Gasteiger partial charge in [0.15, 0.2) is 6.61 Å². The maximum absolute atomic E-state index is 13.0. The molecule has 2 aromatic carbocycles. The topological polar surface area (TPSA) is 58.6 Å². The van der Waals surface area contributed by atoms with Crippen LogP contribution in [0.25, 0.3) is 0 Å². The van der Waals surface area contributed by atoms with Gasteiger partial charge in [-0.05, 0) is 51.3 Å². The van der Waals surface area contributed by atoms with E-state index in [2.05, 4.69) is 5.32 Å². The van der Waals surface area contributed by atoms with E-state index in [0.29, 0.717) is 18.8 Å². The fourth-order valence-corrected chi connectivity index (χ4v) is 3.17. The lowest BCUT2D eigenvalue weighted by molar-refractivity contribution is -0.142. The summed E-state index contributed by atoms with van der Waals surface area (Å²) < 4.78 is 5.78. The third kappa shape index (κ3) is 6.63. The zero-order chi connectivity index (χ0) is 21.4. The molecule has 156 valence electrons. The van der Waals surface area contributed by atoms with Crippen LogP contribution in [0.5, 0.6) is 5.75 Å². The van der Waals surface area contributed by atoms with E-state index < -0.39 is 6.04 Å². The number of hydrogen-bond donors (Lipinski definition) is 1. The molecule has 29 heavy (non-hydrogen) atoms. The van der Waals surface area contributed by atoms with Crippen LogP contribution in [0.15, 0.2) is 42.5 Å². The minimum atomic E-state index is -0.586. The molecule has 0 aliphatic carbocycles. The Morgan fingerprint density at radius 2 is 1.79 bits per heavy atom.